The Hall–Kier alpha value is -0.160. The normalized spacial score (nSPS) is 36.2. The Morgan fingerprint density at radius 3 is 3.13 bits per heavy atom. The van der Waals surface area contributed by atoms with Crippen molar-refractivity contribution in [3.05, 3.63) is 0 Å². The molecule has 2 unspecified atom stereocenters. The fraction of sp³-hybridized carbons (Fsp3) is 1.00. The third kappa shape index (κ3) is 2.91. The fourth-order valence-electron chi connectivity index (χ4n) is 2.32. The highest BCUT2D eigenvalue weighted by atomic mass is 16.6. The van der Waals surface area contributed by atoms with Crippen LogP contribution >= 0.6 is 0 Å². The first-order valence-corrected chi connectivity index (χ1v) is 5.83. The van der Waals surface area contributed by atoms with Crippen LogP contribution in [-0.4, -0.2) is 51.7 Å². The standard InChI is InChI=1S/C11H21NO3/c1-12-4-7-14-10-2-5-15-11(8-10)3-6-13-9-11/h10,12H,2-9H2,1H3. The summed E-state index contributed by atoms with van der Waals surface area (Å²) < 4.78 is 17.1. The first-order valence-electron chi connectivity index (χ1n) is 5.83. The van der Waals surface area contributed by atoms with Crippen LogP contribution in [0.1, 0.15) is 19.3 Å². The fourth-order valence-corrected chi connectivity index (χ4v) is 2.32. The molecule has 1 spiro atoms. The lowest BCUT2D eigenvalue weighted by Crippen LogP contribution is -2.43. The second-order valence-corrected chi connectivity index (χ2v) is 4.42. The molecular formula is C11H21NO3. The van der Waals surface area contributed by atoms with Crippen LogP contribution in [0.15, 0.2) is 0 Å². The highest BCUT2D eigenvalue weighted by Gasteiger charge is 2.41. The van der Waals surface area contributed by atoms with Crippen molar-refractivity contribution in [1.82, 2.24) is 5.32 Å². The van der Waals surface area contributed by atoms with Gasteiger partial charge in [-0.25, -0.2) is 0 Å². The Labute approximate surface area is 91.3 Å². The molecule has 0 aromatic carbocycles. The summed E-state index contributed by atoms with van der Waals surface area (Å²) in [5.41, 5.74) is -0.0252. The van der Waals surface area contributed by atoms with Gasteiger partial charge in [-0.2, -0.15) is 0 Å². The Balaban J connectivity index is 1.76. The van der Waals surface area contributed by atoms with Crippen molar-refractivity contribution in [2.75, 3.05) is 40.0 Å². The predicted molar refractivity (Wildman–Crippen MR) is 57.0 cm³/mol. The zero-order chi connectivity index (χ0) is 10.6. The molecule has 2 aliphatic heterocycles. The smallest absolute Gasteiger partial charge is 0.0961 e. The van der Waals surface area contributed by atoms with Crippen molar-refractivity contribution in [1.29, 1.82) is 0 Å². The lowest BCUT2D eigenvalue weighted by molar-refractivity contribution is -0.132. The summed E-state index contributed by atoms with van der Waals surface area (Å²) in [7, 11) is 1.94. The van der Waals surface area contributed by atoms with E-state index in [4.69, 9.17) is 14.2 Å². The van der Waals surface area contributed by atoms with E-state index in [1.807, 2.05) is 7.05 Å². The van der Waals surface area contributed by atoms with E-state index in [1.54, 1.807) is 0 Å². The molecular weight excluding hydrogens is 194 g/mol. The molecule has 88 valence electrons. The third-order valence-corrected chi connectivity index (χ3v) is 3.22. The molecule has 2 saturated heterocycles. The summed E-state index contributed by atoms with van der Waals surface area (Å²) >= 11 is 0. The first kappa shape index (κ1) is 11.3. The number of nitrogens with one attached hydrogen (secondary N) is 1. The lowest BCUT2D eigenvalue weighted by Gasteiger charge is -2.36. The number of ether oxygens (including phenoxy) is 3. The van der Waals surface area contributed by atoms with E-state index >= 15 is 0 Å². The van der Waals surface area contributed by atoms with Gasteiger partial charge in [0.15, 0.2) is 0 Å². The van der Waals surface area contributed by atoms with Gasteiger partial charge in [0.2, 0.25) is 0 Å². The van der Waals surface area contributed by atoms with Crippen LogP contribution in [0.4, 0.5) is 0 Å². The molecule has 0 aromatic rings. The van der Waals surface area contributed by atoms with Crippen LogP contribution in [-0.2, 0) is 14.2 Å². The molecule has 2 atom stereocenters. The van der Waals surface area contributed by atoms with Gasteiger partial charge in [0.25, 0.3) is 0 Å². The molecule has 0 aliphatic carbocycles. The molecule has 0 bridgehead atoms. The Morgan fingerprint density at radius 1 is 1.47 bits per heavy atom. The maximum atomic E-state index is 5.84. The molecule has 2 rings (SSSR count). The highest BCUT2D eigenvalue weighted by Crippen LogP contribution is 2.33. The predicted octanol–water partition coefficient (Wildman–Crippen LogP) is 0.560. The quantitative estimate of drug-likeness (QED) is 0.696. The zero-order valence-corrected chi connectivity index (χ0v) is 9.46. The van der Waals surface area contributed by atoms with E-state index in [1.165, 1.54) is 0 Å². The number of likely N-dealkylation sites (N-methyl/N-ethyl adjacent to an activating group) is 1. The van der Waals surface area contributed by atoms with Gasteiger partial charge in [-0.3, -0.25) is 0 Å². The Morgan fingerprint density at radius 2 is 2.40 bits per heavy atom. The maximum absolute atomic E-state index is 5.84. The lowest BCUT2D eigenvalue weighted by atomic mass is 9.91. The minimum atomic E-state index is -0.0252. The van der Waals surface area contributed by atoms with E-state index in [-0.39, 0.29) is 5.60 Å². The van der Waals surface area contributed by atoms with Crippen molar-refractivity contribution in [3.63, 3.8) is 0 Å². The van der Waals surface area contributed by atoms with Crippen LogP contribution in [0, 0.1) is 0 Å². The zero-order valence-electron chi connectivity index (χ0n) is 9.46. The summed E-state index contributed by atoms with van der Waals surface area (Å²) in [5.74, 6) is 0. The van der Waals surface area contributed by atoms with Gasteiger partial charge in [-0.15, -0.1) is 0 Å². The van der Waals surface area contributed by atoms with E-state index < -0.39 is 0 Å². The molecule has 0 amide bonds. The molecule has 2 aliphatic rings. The Kier molecular flexibility index (Phi) is 3.97. The van der Waals surface area contributed by atoms with Crippen LogP contribution < -0.4 is 5.32 Å². The maximum Gasteiger partial charge on any atom is 0.0961 e. The molecule has 1 N–H and O–H groups in total. The van der Waals surface area contributed by atoms with Crippen molar-refractivity contribution < 1.29 is 14.2 Å². The first-order chi connectivity index (χ1) is 7.35. The van der Waals surface area contributed by atoms with Crippen LogP contribution in [0.5, 0.6) is 0 Å². The summed E-state index contributed by atoms with van der Waals surface area (Å²) in [5, 5.41) is 3.09. The largest absolute Gasteiger partial charge is 0.378 e. The van der Waals surface area contributed by atoms with Gasteiger partial charge in [0, 0.05) is 32.6 Å². The van der Waals surface area contributed by atoms with E-state index in [9.17, 15) is 0 Å². The topological polar surface area (TPSA) is 39.7 Å². The number of hydrogen-bond donors (Lipinski definition) is 1. The molecule has 4 nitrogen and oxygen atoms in total. The van der Waals surface area contributed by atoms with E-state index in [0.717, 1.165) is 52.2 Å². The molecule has 2 fully saturated rings. The highest BCUT2D eigenvalue weighted by molar-refractivity contribution is 4.90. The van der Waals surface area contributed by atoms with Gasteiger partial charge < -0.3 is 19.5 Å². The monoisotopic (exact) mass is 215 g/mol. The summed E-state index contributed by atoms with van der Waals surface area (Å²) in [6, 6.07) is 0. The van der Waals surface area contributed by atoms with Gasteiger partial charge in [0.1, 0.15) is 0 Å². The average Bonchev–Trinajstić information content (AvgIpc) is 2.67. The van der Waals surface area contributed by atoms with Crippen LogP contribution in [0.3, 0.4) is 0 Å². The second-order valence-electron chi connectivity index (χ2n) is 4.42. The Bertz CT molecular complexity index is 192. The van der Waals surface area contributed by atoms with Crippen molar-refractivity contribution in [3.8, 4) is 0 Å². The van der Waals surface area contributed by atoms with Gasteiger partial charge in [-0.1, -0.05) is 0 Å². The van der Waals surface area contributed by atoms with E-state index in [2.05, 4.69) is 5.32 Å². The van der Waals surface area contributed by atoms with Crippen molar-refractivity contribution in [2.24, 2.45) is 0 Å². The SMILES string of the molecule is CNCCOC1CCOC2(CCOC2)C1. The van der Waals surface area contributed by atoms with Crippen LogP contribution in [0.2, 0.25) is 0 Å². The van der Waals surface area contributed by atoms with Gasteiger partial charge in [-0.05, 0) is 13.5 Å². The molecule has 15 heavy (non-hydrogen) atoms. The van der Waals surface area contributed by atoms with Crippen LogP contribution in [0.25, 0.3) is 0 Å². The van der Waals surface area contributed by atoms with Crippen molar-refractivity contribution in [2.45, 2.75) is 31.0 Å². The molecule has 2 heterocycles. The summed E-state index contributed by atoms with van der Waals surface area (Å²) in [6.45, 7) is 4.11. The molecule has 0 saturated carbocycles. The minimum absolute atomic E-state index is 0.0252. The van der Waals surface area contributed by atoms with Gasteiger partial charge in [0.05, 0.1) is 24.9 Å². The second kappa shape index (κ2) is 5.25. The van der Waals surface area contributed by atoms with E-state index in [0.29, 0.717) is 6.10 Å². The molecule has 0 aromatic heterocycles. The number of hydrogen-bond acceptors (Lipinski definition) is 4. The molecule has 0 radical (unpaired) electrons. The minimum Gasteiger partial charge on any atom is -0.378 e. The van der Waals surface area contributed by atoms with Gasteiger partial charge >= 0.3 is 0 Å². The summed E-state index contributed by atoms with van der Waals surface area (Å²) in [6.07, 6.45) is 3.40. The third-order valence-electron chi connectivity index (χ3n) is 3.22. The summed E-state index contributed by atoms with van der Waals surface area (Å²) in [4.78, 5) is 0. The number of rotatable bonds is 4. The molecule has 4 heteroatoms. The van der Waals surface area contributed by atoms with Crippen molar-refractivity contribution >= 4 is 0 Å². The average molecular weight is 215 g/mol.